The summed E-state index contributed by atoms with van der Waals surface area (Å²) >= 11 is 0. The lowest BCUT2D eigenvalue weighted by atomic mass is 10.0. The van der Waals surface area contributed by atoms with Crippen molar-refractivity contribution in [3.63, 3.8) is 0 Å². The van der Waals surface area contributed by atoms with E-state index in [9.17, 15) is 19.2 Å². The van der Waals surface area contributed by atoms with E-state index in [0.717, 1.165) is 11.1 Å². The number of piperidine rings is 1. The molecule has 0 radical (unpaired) electrons. The molecule has 4 N–H and O–H groups in total. The minimum Gasteiger partial charge on any atom is -0.334 e. The smallest absolute Gasteiger partial charge is 0.334 e. The average molecular weight is 449 g/mol. The largest absolute Gasteiger partial charge is 0.346 e. The summed E-state index contributed by atoms with van der Waals surface area (Å²) in [7, 11) is 0. The van der Waals surface area contributed by atoms with Crippen LogP contribution < -0.4 is 26.5 Å². The molecule has 2 aromatic carbocycles. The number of urea groups is 1. The van der Waals surface area contributed by atoms with Crippen LogP contribution in [0.25, 0.3) is 10.9 Å². The summed E-state index contributed by atoms with van der Waals surface area (Å²) in [4.78, 5) is 53.0. The fourth-order valence-corrected chi connectivity index (χ4v) is 4.11. The number of amides is 4. The van der Waals surface area contributed by atoms with Crippen molar-refractivity contribution in [3.05, 3.63) is 69.3 Å². The van der Waals surface area contributed by atoms with Crippen LogP contribution in [-0.4, -0.2) is 22.4 Å². The van der Waals surface area contributed by atoms with Crippen molar-refractivity contribution in [1.29, 1.82) is 0 Å². The number of anilines is 1. The number of aromatic nitrogens is 2. The third-order valence-corrected chi connectivity index (χ3v) is 5.99. The SMILES string of the molecule is Cc1ccc(NC(=O)NCc2cccc3[nH+]c(C)n(C4CCC(=O)NC4=O)c(=O)c23)cc1C. The van der Waals surface area contributed by atoms with Crippen molar-refractivity contribution >= 4 is 34.4 Å². The number of H-pyrrole nitrogens is 1. The Hall–Kier alpha value is -4.01. The van der Waals surface area contributed by atoms with Gasteiger partial charge in [-0.25, -0.2) is 14.6 Å². The van der Waals surface area contributed by atoms with Crippen LogP contribution in [-0.2, 0) is 16.1 Å². The summed E-state index contributed by atoms with van der Waals surface area (Å²) in [5.74, 6) is -0.321. The molecule has 1 aromatic heterocycles. The van der Waals surface area contributed by atoms with Gasteiger partial charge >= 0.3 is 11.6 Å². The summed E-state index contributed by atoms with van der Waals surface area (Å²) in [6.07, 6.45) is 0.422. The molecule has 1 fully saturated rings. The number of hydrogen-bond donors (Lipinski definition) is 3. The van der Waals surface area contributed by atoms with Crippen LogP contribution in [0.4, 0.5) is 10.5 Å². The van der Waals surface area contributed by atoms with Gasteiger partial charge in [-0.15, -0.1) is 0 Å². The third-order valence-electron chi connectivity index (χ3n) is 5.99. The van der Waals surface area contributed by atoms with Crippen molar-refractivity contribution in [1.82, 2.24) is 15.2 Å². The van der Waals surface area contributed by atoms with Gasteiger partial charge in [0.05, 0.1) is 0 Å². The van der Waals surface area contributed by atoms with Crippen LogP contribution >= 0.6 is 0 Å². The summed E-state index contributed by atoms with van der Waals surface area (Å²) < 4.78 is 1.39. The normalized spacial score (nSPS) is 15.9. The van der Waals surface area contributed by atoms with Crippen molar-refractivity contribution < 1.29 is 19.4 Å². The Kier molecular flexibility index (Phi) is 5.95. The highest BCUT2D eigenvalue weighted by molar-refractivity contribution is 5.99. The lowest BCUT2D eigenvalue weighted by molar-refractivity contribution is -0.364. The van der Waals surface area contributed by atoms with E-state index >= 15 is 0 Å². The van der Waals surface area contributed by atoms with E-state index in [1.807, 2.05) is 32.0 Å². The predicted molar refractivity (Wildman–Crippen MR) is 123 cm³/mol. The Balaban J connectivity index is 1.61. The van der Waals surface area contributed by atoms with Crippen LogP contribution in [0.3, 0.4) is 0 Å². The number of aryl methyl sites for hydroxylation is 3. The summed E-state index contributed by atoms with van der Waals surface area (Å²) in [5.41, 5.74) is 3.76. The number of hydrogen-bond acceptors (Lipinski definition) is 4. The van der Waals surface area contributed by atoms with Gasteiger partial charge in [-0.1, -0.05) is 18.2 Å². The van der Waals surface area contributed by atoms with Gasteiger partial charge < -0.3 is 10.6 Å². The molecule has 4 rings (SSSR count). The molecule has 1 aliphatic rings. The predicted octanol–water partition coefficient (Wildman–Crippen LogP) is 2.04. The van der Waals surface area contributed by atoms with Crippen molar-refractivity contribution in [2.75, 3.05) is 5.32 Å². The molecular formula is C24H26N5O4+. The highest BCUT2D eigenvalue weighted by Crippen LogP contribution is 2.20. The number of benzene rings is 2. The Morgan fingerprint density at radius 3 is 2.64 bits per heavy atom. The van der Waals surface area contributed by atoms with Crippen molar-refractivity contribution in [2.24, 2.45) is 0 Å². The van der Waals surface area contributed by atoms with Gasteiger partial charge in [0.15, 0.2) is 6.04 Å². The second kappa shape index (κ2) is 8.85. The molecule has 3 aromatic rings. The number of imide groups is 1. The zero-order valence-electron chi connectivity index (χ0n) is 18.7. The average Bonchev–Trinajstić information content (AvgIpc) is 2.76. The molecule has 33 heavy (non-hydrogen) atoms. The van der Waals surface area contributed by atoms with Crippen LogP contribution in [0.1, 0.15) is 41.4 Å². The topological polar surface area (TPSA) is 123 Å². The van der Waals surface area contributed by atoms with Crippen molar-refractivity contribution in [2.45, 2.75) is 46.2 Å². The van der Waals surface area contributed by atoms with Crippen LogP contribution in [0.15, 0.2) is 41.2 Å². The maximum atomic E-state index is 13.5. The second-order valence-corrected chi connectivity index (χ2v) is 8.30. The zero-order valence-corrected chi connectivity index (χ0v) is 18.7. The maximum absolute atomic E-state index is 13.5. The first kappa shape index (κ1) is 22.2. The minimum absolute atomic E-state index is 0.121. The quantitative estimate of drug-likeness (QED) is 0.529. The molecule has 0 saturated carbocycles. The summed E-state index contributed by atoms with van der Waals surface area (Å²) in [6, 6.07) is 9.83. The molecule has 9 nitrogen and oxygen atoms in total. The minimum atomic E-state index is -0.773. The van der Waals surface area contributed by atoms with E-state index in [1.54, 1.807) is 25.1 Å². The van der Waals surface area contributed by atoms with E-state index in [1.165, 1.54) is 4.57 Å². The van der Waals surface area contributed by atoms with E-state index in [2.05, 4.69) is 20.9 Å². The van der Waals surface area contributed by atoms with Gasteiger partial charge in [-0.2, -0.15) is 4.57 Å². The standard InChI is InChI=1S/C24H25N5O4/c1-13-7-8-17(11-14(13)2)27-24(33)25-12-16-5-4-6-18-21(16)23(32)29(15(3)26-18)19-9-10-20(30)28-22(19)31/h4-8,11,19H,9-10,12H2,1-3H3,(H2,25,27,33)(H,28,30,31)/p+1. The molecule has 0 aliphatic carbocycles. The van der Waals surface area contributed by atoms with Crippen LogP contribution in [0.2, 0.25) is 0 Å². The lowest BCUT2D eigenvalue weighted by Gasteiger charge is -2.20. The first-order valence-corrected chi connectivity index (χ1v) is 10.8. The molecule has 4 amide bonds. The fraction of sp³-hybridized carbons (Fsp3) is 0.292. The fourth-order valence-electron chi connectivity index (χ4n) is 4.11. The number of rotatable bonds is 4. The summed E-state index contributed by atoms with van der Waals surface area (Å²) in [5, 5.41) is 8.28. The third kappa shape index (κ3) is 4.48. The molecule has 1 atom stereocenters. The molecule has 1 aliphatic heterocycles. The van der Waals surface area contributed by atoms with Crippen LogP contribution in [0, 0.1) is 20.8 Å². The van der Waals surface area contributed by atoms with E-state index in [0.29, 0.717) is 28.0 Å². The van der Waals surface area contributed by atoms with Crippen molar-refractivity contribution in [3.8, 4) is 0 Å². The van der Waals surface area contributed by atoms with E-state index < -0.39 is 18.0 Å². The molecule has 2 heterocycles. The Bertz CT molecular complexity index is 1340. The monoisotopic (exact) mass is 448 g/mol. The lowest BCUT2D eigenvalue weighted by Crippen LogP contribution is -2.46. The molecule has 9 heteroatoms. The Morgan fingerprint density at radius 1 is 1.12 bits per heavy atom. The van der Waals surface area contributed by atoms with Gasteiger partial charge in [0, 0.05) is 32.0 Å². The number of nitrogens with zero attached hydrogens (tertiary/aromatic N) is 1. The van der Waals surface area contributed by atoms with E-state index in [4.69, 9.17) is 0 Å². The number of carbonyl (C=O) groups excluding carboxylic acids is 3. The van der Waals surface area contributed by atoms with E-state index in [-0.39, 0.29) is 30.9 Å². The summed E-state index contributed by atoms with van der Waals surface area (Å²) in [6.45, 7) is 5.81. The molecular weight excluding hydrogens is 422 g/mol. The molecule has 170 valence electrons. The molecule has 0 bridgehead atoms. The van der Waals surface area contributed by atoms with Gasteiger partial charge in [0.2, 0.25) is 5.91 Å². The van der Waals surface area contributed by atoms with Gasteiger partial charge in [0.25, 0.3) is 11.7 Å². The number of carbonyl (C=O) groups is 3. The number of fused-ring (bicyclic) bond motifs is 1. The van der Waals surface area contributed by atoms with Gasteiger partial charge in [-0.3, -0.25) is 14.9 Å². The zero-order chi connectivity index (χ0) is 23.7. The highest BCUT2D eigenvalue weighted by Gasteiger charge is 2.35. The van der Waals surface area contributed by atoms with Crippen LogP contribution in [0.5, 0.6) is 0 Å². The van der Waals surface area contributed by atoms with Gasteiger partial charge in [-0.05, 0) is 48.7 Å². The Labute approximate surface area is 190 Å². The van der Waals surface area contributed by atoms with Gasteiger partial charge in [0.1, 0.15) is 10.9 Å². The molecule has 0 spiro atoms. The first-order valence-electron chi connectivity index (χ1n) is 10.8. The highest BCUT2D eigenvalue weighted by atomic mass is 16.2. The first-order chi connectivity index (χ1) is 15.7. The molecule has 1 saturated heterocycles. The number of aromatic amines is 1. The number of nitrogens with one attached hydrogen (secondary N) is 4. The Morgan fingerprint density at radius 2 is 1.91 bits per heavy atom. The second-order valence-electron chi connectivity index (χ2n) is 8.30. The maximum Gasteiger partial charge on any atom is 0.346 e. The molecule has 1 unspecified atom stereocenters.